The van der Waals surface area contributed by atoms with E-state index in [1.165, 1.54) is 17.3 Å². The molecule has 2 aromatic carbocycles. The molecule has 0 unspecified atom stereocenters. The molecule has 1 amide bonds. The van der Waals surface area contributed by atoms with Gasteiger partial charge in [0.2, 0.25) is 0 Å². The van der Waals surface area contributed by atoms with Crippen LogP contribution in [0.5, 0.6) is 5.75 Å². The first-order valence-corrected chi connectivity index (χ1v) is 9.07. The average molecular weight is 383 g/mol. The number of nitrogens with zero attached hydrogens (tertiary/aromatic N) is 1. The van der Waals surface area contributed by atoms with Crippen LogP contribution in [0.15, 0.2) is 58.4 Å². The number of ether oxygens (including phenoxy) is 1. The molecule has 132 valence electrons. The highest BCUT2D eigenvalue weighted by Gasteiger charge is 2.24. The zero-order valence-corrected chi connectivity index (χ0v) is 15.9. The smallest absolute Gasteiger partial charge is 0.264 e. The Balaban J connectivity index is 1.67. The summed E-state index contributed by atoms with van der Waals surface area (Å²) in [6, 6.07) is 15.3. The molecule has 1 aliphatic rings. The van der Waals surface area contributed by atoms with E-state index in [-0.39, 0.29) is 5.91 Å². The van der Waals surface area contributed by atoms with Gasteiger partial charge in [-0.2, -0.15) is 4.99 Å². The number of hydrogen-bond donors (Lipinski definition) is 2. The zero-order chi connectivity index (χ0) is 18.5. The van der Waals surface area contributed by atoms with Crippen molar-refractivity contribution < 1.29 is 9.53 Å². The zero-order valence-electron chi connectivity index (χ0n) is 14.3. The summed E-state index contributed by atoms with van der Waals surface area (Å²) < 4.78 is 5.13. The van der Waals surface area contributed by atoms with E-state index in [0.717, 1.165) is 17.0 Å². The lowest BCUT2D eigenvalue weighted by molar-refractivity contribution is -0.115. The highest BCUT2D eigenvalue weighted by atomic mass is 32.2. The molecule has 2 N–H and O–H groups in total. The van der Waals surface area contributed by atoms with Crippen molar-refractivity contribution in [3.05, 3.63) is 64.6 Å². The molecular formula is C19H17N3O2S2. The topological polar surface area (TPSA) is 62.7 Å². The number of rotatable bonds is 3. The SMILES string of the molecule is COc1ccc(/C=C2/S/C(=N/C(=S)Nc3ccc(C)cc3)NC2=O)cc1. The van der Waals surface area contributed by atoms with Crippen molar-refractivity contribution in [1.82, 2.24) is 5.32 Å². The van der Waals surface area contributed by atoms with Crippen LogP contribution in [0.2, 0.25) is 0 Å². The average Bonchev–Trinajstić information content (AvgIpc) is 2.96. The molecule has 1 saturated heterocycles. The molecule has 1 heterocycles. The van der Waals surface area contributed by atoms with E-state index in [1.807, 2.05) is 55.5 Å². The molecule has 2 aromatic rings. The molecule has 1 aliphatic heterocycles. The lowest BCUT2D eigenvalue weighted by atomic mass is 10.2. The van der Waals surface area contributed by atoms with Crippen LogP contribution in [0.4, 0.5) is 5.69 Å². The number of benzene rings is 2. The minimum atomic E-state index is -0.192. The second-order valence-electron chi connectivity index (χ2n) is 5.55. The van der Waals surface area contributed by atoms with Crippen molar-refractivity contribution in [1.29, 1.82) is 0 Å². The first-order valence-electron chi connectivity index (χ1n) is 7.85. The Bertz CT molecular complexity index is 888. The maximum atomic E-state index is 12.1. The molecule has 0 aliphatic carbocycles. The van der Waals surface area contributed by atoms with Crippen LogP contribution in [0.25, 0.3) is 6.08 Å². The normalized spacial score (nSPS) is 16.6. The van der Waals surface area contributed by atoms with Crippen molar-refractivity contribution in [3.63, 3.8) is 0 Å². The number of carbonyl (C=O) groups is 1. The lowest BCUT2D eigenvalue weighted by Crippen LogP contribution is -2.21. The van der Waals surface area contributed by atoms with Gasteiger partial charge in [0.15, 0.2) is 10.3 Å². The van der Waals surface area contributed by atoms with E-state index in [0.29, 0.717) is 15.2 Å². The Morgan fingerprint density at radius 1 is 1.19 bits per heavy atom. The fraction of sp³-hybridized carbons (Fsp3) is 0.105. The van der Waals surface area contributed by atoms with Crippen molar-refractivity contribution >= 4 is 51.9 Å². The third-order valence-corrected chi connectivity index (χ3v) is 4.67. The molecule has 0 bridgehead atoms. The Morgan fingerprint density at radius 3 is 2.54 bits per heavy atom. The number of amidine groups is 1. The molecule has 3 rings (SSSR count). The standard InChI is InChI=1S/C19H17N3O2S2/c1-12-3-7-14(8-4-12)20-18(25)22-19-21-17(23)16(26-19)11-13-5-9-15(24-2)10-6-13/h3-11H,1-2H3,(H2,20,21,22,23,25)/b16-11+. The van der Waals surface area contributed by atoms with Gasteiger partial charge in [0.25, 0.3) is 5.91 Å². The molecule has 0 saturated carbocycles. The Hall–Kier alpha value is -2.64. The molecule has 0 spiro atoms. The maximum Gasteiger partial charge on any atom is 0.264 e. The minimum absolute atomic E-state index is 0.192. The number of thiocarbonyl (C=S) groups is 1. The number of aryl methyl sites for hydroxylation is 1. The van der Waals surface area contributed by atoms with E-state index in [4.69, 9.17) is 17.0 Å². The van der Waals surface area contributed by atoms with E-state index in [9.17, 15) is 4.79 Å². The van der Waals surface area contributed by atoms with Crippen molar-refractivity contribution in [3.8, 4) is 5.75 Å². The van der Waals surface area contributed by atoms with Crippen LogP contribution >= 0.6 is 24.0 Å². The highest BCUT2D eigenvalue weighted by molar-refractivity contribution is 8.18. The van der Waals surface area contributed by atoms with Crippen LogP contribution in [0, 0.1) is 6.92 Å². The van der Waals surface area contributed by atoms with Gasteiger partial charge in [0, 0.05) is 5.69 Å². The van der Waals surface area contributed by atoms with E-state index < -0.39 is 0 Å². The predicted molar refractivity (Wildman–Crippen MR) is 112 cm³/mol. The van der Waals surface area contributed by atoms with Gasteiger partial charge < -0.3 is 15.4 Å². The Kier molecular flexibility index (Phi) is 5.70. The summed E-state index contributed by atoms with van der Waals surface area (Å²) in [5.41, 5.74) is 2.93. The first kappa shape index (κ1) is 18.2. The van der Waals surface area contributed by atoms with Crippen LogP contribution in [-0.2, 0) is 4.79 Å². The maximum absolute atomic E-state index is 12.1. The summed E-state index contributed by atoms with van der Waals surface area (Å²) in [7, 11) is 1.62. The van der Waals surface area contributed by atoms with Crippen LogP contribution in [0.3, 0.4) is 0 Å². The number of anilines is 1. The second kappa shape index (κ2) is 8.16. The molecule has 0 radical (unpaired) electrons. The van der Waals surface area contributed by atoms with Gasteiger partial charge in [-0.05, 0) is 66.8 Å². The Morgan fingerprint density at radius 2 is 1.88 bits per heavy atom. The number of hydrogen-bond acceptors (Lipinski definition) is 4. The van der Waals surface area contributed by atoms with Crippen molar-refractivity contribution in [2.45, 2.75) is 6.92 Å². The predicted octanol–water partition coefficient (Wildman–Crippen LogP) is 3.96. The van der Waals surface area contributed by atoms with Gasteiger partial charge in [0.1, 0.15) is 5.75 Å². The second-order valence-corrected chi connectivity index (χ2v) is 6.97. The number of aliphatic imine (C=N–C) groups is 1. The fourth-order valence-electron chi connectivity index (χ4n) is 2.21. The third-order valence-electron chi connectivity index (χ3n) is 3.57. The highest BCUT2D eigenvalue weighted by Crippen LogP contribution is 2.26. The van der Waals surface area contributed by atoms with Crippen LogP contribution < -0.4 is 15.4 Å². The first-order chi connectivity index (χ1) is 12.5. The van der Waals surface area contributed by atoms with Crippen LogP contribution in [-0.4, -0.2) is 23.3 Å². The summed E-state index contributed by atoms with van der Waals surface area (Å²) >= 11 is 6.50. The largest absolute Gasteiger partial charge is 0.497 e. The molecule has 5 nitrogen and oxygen atoms in total. The van der Waals surface area contributed by atoms with Gasteiger partial charge in [0.05, 0.1) is 12.0 Å². The number of carbonyl (C=O) groups excluding carboxylic acids is 1. The fourth-order valence-corrected chi connectivity index (χ4v) is 3.31. The minimum Gasteiger partial charge on any atom is -0.497 e. The van der Waals surface area contributed by atoms with Gasteiger partial charge in [-0.3, -0.25) is 4.79 Å². The lowest BCUT2D eigenvalue weighted by Gasteiger charge is -2.04. The molecule has 7 heteroatoms. The molecular weight excluding hydrogens is 366 g/mol. The quantitative estimate of drug-likeness (QED) is 0.620. The summed E-state index contributed by atoms with van der Waals surface area (Å²) in [5.74, 6) is 0.577. The van der Waals surface area contributed by atoms with E-state index in [2.05, 4.69) is 15.6 Å². The number of methoxy groups -OCH3 is 1. The van der Waals surface area contributed by atoms with Crippen molar-refractivity contribution in [2.75, 3.05) is 12.4 Å². The van der Waals surface area contributed by atoms with Crippen molar-refractivity contribution in [2.24, 2.45) is 4.99 Å². The number of nitrogens with one attached hydrogen (secondary N) is 2. The van der Waals surface area contributed by atoms with Gasteiger partial charge >= 0.3 is 0 Å². The number of amides is 1. The third kappa shape index (κ3) is 4.71. The van der Waals surface area contributed by atoms with E-state index in [1.54, 1.807) is 13.2 Å². The molecule has 0 atom stereocenters. The summed E-state index contributed by atoms with van der Waals surface area (Å²) in [6.07, 6.45) is 1.80. The summed E-state index contributed by atoms with van der Waals surface area (Å²) in [5, 5.41) is 6.51. The van der Waals surface area contributed by atoms with Gasteiger partial charge in [-0.1, -0.05) is 29.8 Å². The summed E-state index contributed by atoms with van der Waals surface area (Å²) in [6.45, 7) is 2.02. The number of thioether (sulfide) groups is 1. The summed E-state index contributed by atoms with van der Waals surface area (Å²) in [4.78, 5) is 17.0. The molecule has 26 heavy (non-hydrogen) atoms. The van der Waals surface area contributed by atoms with E-state index >= 15 is 0 Å². The van der Waals surface area contributed by atoms with Gasteiger partial charge in [-0.25, -0.2) is 0 Å². The molecule has 0 aromatic heterocycles. The monoisotopic (exact) mass is 383 g/mol. The van der Waals surface area contributed by atoms with Crippen LogP contribution in [0.1, 0.15) is 11.1 Å². The Labute approximate surface area is 161 Å². The van der Waals surface area contributed by atoms with Gasteiger partial charge in [-0.15, -0.1) is 0 Å². The molecule has 1 fully saturated rings.